The van der Waals surface area contributed by atoms with Gasteiger partial charge >= 0.3 is 15.6 Å². The van der Waals surface area contributed by atoms with E-state index in [1.54, 1.807) is 43.5 Å². The number of phosphoric acid groups is 2. The fourth-order valence-corrected chi connectivity index (χ4v) is 19.4. The summed E-state index contributed by atoms with van der Waals surface area (Å²) in [6.07, 6.45) is -8.40. The van der Waals surface area contributed by atoms with Crippen LogP contribution in [0, 0.1) is 6.92 Å². The number of nitrogens with one attached hydrogen (secondary N) is 4. The molecule has 10 atom stereocenters. The number of hydrogen-bond donors (Lipinski definition) is 6. The molecule has 2 aliphatic rings. The molecule has 4 unspecified atom stereocenters. The Morgan fingerprint density at radius 1 is 0.489 bits per heavy atom. The first-order valence-corrected chi connectivity index (χ1v) is 51.9. The van der Waals surface area contributed by atoms with Gasteiger partial charge in [0, 0.05) is 0 Å². The van der Waals surface area contributed by atoms with Crippen LogP contribution < -0.4 is 36.0 Å². The number of ether oxygens (including phenoxy) is 7. The molecule has 8 aromatic carbocycles. The number of amides is 2. The van der Waals surface area contributed by atoms with Crippen LogP contribution >= 0.6 is 15.6 Å². The fourth-order valence-electron chi connectivity index (χ4n) is 15.4. The molecule has 690 valence electrons. The number of carbonyl (C=O) groups is 2. The molecule has 35 heteroatoms. The Morgan fingerprint density at radius 2 is 0.809 bits per heavy atom. The Kier molecular flexibility index (Phi) is 28.6. The van der Waals surface area contributed by atoms with Gasteiger partial charge in [-0.25, -0.2) is 19.1 Å². The van der Waals surface area contributed by atoms with E-state index in [0.717, 1.165) is 16.7 Å². The quantitative estimate of drug-likeness (QED) is 0.00911. The van der Waals surface area contributed by atoms with Gasteiger partial charge in [0.2, 0.25) is 11.9 Å². The molecule has 0 saturated carbocycles. The summed E-state index contributed by atoms with van der Waals surface area (Å²) >= 11 is 0. The van der Waals surface area contributed by atoms with Crippen molar-refractivity contribution in [3.05, 3.63) is 314 Å². The molecule has 0 spiro atoms. The second-order valence-corrected chi connectivity index (χ2v) is 48.4. The number of anilines is 2. The first kappa shape index (κ1) is 95.7. The van der Waals surface area contributed by atoms with E-state index in [-0.39, 0.29) is 46.1 Å². The number of carbonyl (C=O) groups excluding carboxylic acids is 2. The van der Waals surface area contributed by atoms with Crippen molar-refractivity contribution in [1.29, 1.82) is 0 Å². The predicted octanol–water partition coefficient (Wildman–Crippen LogP) is 17.9. The average molecular weight is 1860 g/mol. The number of phosphoric ester groups is 2. The topological polar surface area (TPSA) is 380 Å². The van der Waals surface area contributed by atoms with Gasteiger partial charge in [-0.2, -0.15) is 9.97 Å². The van der Waals surface area contributed by atoms with Crippen LogP contribution in [0.15, 0.2) is 253 Å². The van der Waals surface area contributed by atoms with E-state index in [9.17, 15) is 29.0 Å². The van der Waals surface area contributed by atoms with E-state index in [2.05, 4.69) is 64.8 Å². The summed E-state index contributed by atoms with van der Waals surface area (Å²) < 4.78 is 119. The Morgan fingerprint density at radius 3 is 1.13 bits per heavy atom. The highest BCUT2D eigenvalue weighted by atomic mass is 31.2. The van der Waals surface area contributed by atoms with E-state index in [1.165, 1.54) is 21.8 Å². The molecule has 0 aliphatic carbocycles. The largest absolute Gasteiger partial charge is 0.529 e. The highest BCUT2D eigenvalue weighted by Gasteiger charge is 2.59. The summed E-state index contributed by atoms with van der Waals surface area (Å²) in [5, 5.41) is 4.26. The first-order chi connectivity index (χ1) is 62.1. The van der Waals surface area contributed by atoms with Gasteiger partial charge in [0.05, 0.1) is 33.0 Å². The van der Waals surface area contributed by atoms with Gasteiger partial charge in [-0.3, -0.25) is 67.7 Å². The predicted molar refractivity (Wildman–Crippen MR) is 500 cm³/mol. The highest BCUT2D eigenvalue weighted by molar-refractivity contribution is 7.48. The Hall–Kier alpha value is -11.4. The normalized spacial score (nSPS) is 19.0. The molecule has 0 bridgehead atoms. The molecule has 31 nitrogen and oxygen atoms in total. The third-order valence-corrected chi connectivity index (χ3v) is 35.1. The molecule has 2 fully saturated rings. The van der Waals surface area contributed by atoms with Crippen molar-refractivity contribution in [3.63, 3.8) is 0 Å². The van der Waals surface area contributed by atoms with E-state index in [0.29, 0.717) is 50.6 Å². The maximum atomic E-state index is 15.0. The van der Waals surface area contributed by atoms with Crippen molar-refractivity contribution in [2.75, 3.05) is 44.2 Å². The van der Waals surface area contributed by atoms with Gasteiger partial charge < -0.3 is 51.1 Å². The third kappa shape index (κ3) is 21.4. The number of methoxy groups -OCH3 is 1. The van der Waals surface area contributed by atoms with Gasteiger partial charge in [-0.1, -0.05) is 257 Å². The molecule has 4 aromatic heterocycles. The van der Waals surface area contributed by atoms with Crippen LogP contribution in [0.3, 0.4) is 0 Å². The maximum Gasteiger partial charge on any atom is 0.529 e. The van der Waals surface area contributed by atoms with E-state index < -0.39 is 158 Å². The van der Waals surface area contributed by atoms with Crippen LogP contribution in [0.4, 0.5) is 11.9 Å². The molecule has 12 aromatic rings. The molecule has 131 heavy (non-hydrogen) atoms. The van der Waals surface area contributed by atoms with Crippen molar-refractivity contribution in [2.24, 2.45) is 0 Å². The minimum Gasteiger partial charge on any atom is -0.497 e. The molecule has 14 rings (SSSR count). The van der Waals surface area contributed by atoms with Gasteiger partial charge in [-0.05, 0) is 143 Å². The summed E-state index contributed by atoms with van der Waals surface area (Å²) in [7, 11) is -16.0. The summed E-state index contributed by atoms with van der Waals surface area (Å²) in [6.45, 7) is 31.5. The number of imidazole rings is 2. The molecular weight excluding hydrogens is 1750 g/mol. The Balaban J connectivity index is 0.802. The highest BCUT2D eigenvalue weighted by Crippen LogP contribution is 2.56. The zero-order valence-corrected chi connectivity index (χ0v) is 79.8. The van der Waals surface area contributed by atoms with Gasteiger partial charge in [-0.15, -0.1) is 0 Å². The number of H-pyrrole nitrogens is 2. The summed E-state index contributed by atoms with van der Waals surface area (Å²) in [4.78, 5) is 104. The van der Waals surface area contributed by atoms with Gasteiger partial charge in [0.1, 0.15) is 65.1 Å². The molecule has 2 saturated heterocycles. The zero-order valence-electron chi connectivity index (χ0n) is 76.0. The SMILES string of the molecule is C=C(OP(=O)(O)OC[C@H]1OC(n2cnc3c(=O)[nH]c(NC(=O)COc4ccc(C(C)C)cc4)nc32)[C@H](O[Si](C)(C)C(C)(C)C)[C@@H]1OC(c1ccccc1)(c1ccccc1)c1ccc(C)cc1)OP(=O)(O)OC[C@H]1OC(n2cnc3c(=O)[nH]c(NC(=O)COc4ccc(C(C)C)cc4)nc32)[C@H](O[Si](C)(C)C(C)(C)C)[C@@H]1OC(c1ccccc1)(c1ccccc1)c1ccc(OC)cc1. The van der Waals surface area contributed by atoms with Crippen LogP contribution in [-0.4, -0.2) is 147 Å². The lowest BCUT2D eigenvalue weighted by Crippen LogP contribution is -2.52. The molecule has 0 radical (unpaired) electrons. The second kappa shape index (κ2) is 39.2. The lowest BCUT2D eigenvalue weighted by atomic mass is 9.79. The first-order valence-electron chi connectivity index (χ1n) is 43.1. The van der Waals surface area contributed by atoms with E-state index >= 15 is 9.13 Å². The van der Waals surface area contributed by atoms with Crippen LogP contribution in [0.5, 0.6) is 17.2 Å². The van der Waals surface area contributed by atoms with Crippen LogP contribution in [0.25, 0.3) is 22.3 Å². The van der Waals surface area contributed by atoms with Crippen molar-refractivity contribution >= 4 is 78.3 Å². The van der Waals surface area contributed by atoms with Crippen molar-refractivity contribution in [2.45, 2.75) is 185 Å². The number of aryl methyl sites for hydroxylation is 1. The fraction of sp³-hybridized carbons (Fsp3) is 0.354. The number of aromatic amines is 2. The van der Waals surface area contributed by atoms with E-state index in [1.807, 2.05) is 257 Å². The maximum absolute atomic E-state index is 15.0. The second-order valence-electron chi connectivity index (χ2n) is 36.1. The van der Waals surface area contributed by atoms with Gasteiger partial charge in [0.15, 0.2) is 64.6 Å². The van der Waals surface area contributed by atoms with Crippen LogP contribution in [0.1, 0.15) is 144 Å². The Labute approximate surface area is 762 Å². The van der Waals surface area contributed by atoms with E-state index in [4.69, 9.17) is 70.1 Å². The molecule has 2 amide bonds. The lowest BCUT2D eigenvalue weighted by Gasteiger charge is -2.44. The van der Waals surface area contributed by atoms with Crippen molar-refractivity contribution in [3.8, 4) is 17.2 Å². The number of rotatable bonds is 37. The van der Waals surface area contributed by atoms with Crippen LogP contribution in [0.2, 0.25) is 36.3 Å². The number of benzene rings is 8. The number of aromatic nitrogens is 8. The number of fused-ring (bicyclic) bond motifs is 2. The summed E-state index contributed by atoms with van der Waals surface area (Å²) in [5.74, 6) is -1.14. The third-order valence-electron chi connectivity index (χ3n) is 24.3. The molecular formula is C96H112N10O21P2Si2. The number of hydrogen-bond acceptors (Lipinski definition) is 23. The molecule has 2 aliphatic heterocycles. The minimum atomic E-state index is -5.66. The minimum absolute atomic E-state index is 0.0759. The monoisotopic (exact) mass is 1860 g/mol. The van der Waals surface area contributed by atoms with Crippen molar-refractivity contribution < 1.29 is 88.6 Å². The molecule has 6 N–H and O–H groups in total. The standard InChI is InChI=1S/C96H112N10O21P2Si2/c1-60(2)64-40-48-73(49-41-64)116-56-77(107)99-91-101-85-79(87(109)103-91)97-58-105(85)89-83(126-130(14,15)93(7,8)9)81(122-95(66-30-22-18-23-31-66,67-32-24-19-25-33-67)70-44-38-62(5)39-45-70)75(120-89)54-118-128(111,112)124-63(6)125-129(113,114)119-55-76-82(123-96(68-34-26-20-27-35-68,69-36-28-21-29-37-69)71-46-52-72(115-13)53-47-71)84(127-131(16,17)94(10,11)12)90(121-76)106-59-98-80-86(106)102-92(104-88(80)110)100-78(108)57-117-74-50-42-65(43-51-74)61(3)4/h18-53,58-61,75-76,81-84,89-90H,6,54-57H2,1-5,7-17H3,(H,111,112)(H,113,114)(H2,99,101,103,107,109)(H2,100,102,104,108,110)/t75-,76-,81-,82-,83-,84-,89?,90?/m1/s1. The van der Waals surface area contributed by atoms with Gasteiger partial charge in [0.25, 0.3) is 28.9 Å². The number of nitrogens with zero attached hydrogens (tertiary/aromatic N) is 6. The molecule has 6 heterocycles. The summed E-state index contributed by atoms with van der Waals surface area (Å²) in [5.41, 5.74) is 1.73. The smallest absolute Gasteiger partial charge is 0.497 e. The Bertz CT molecular complexity index is 6140. The van der Waals surface area contributed by atoms with Crippen LogP contribution in [-0.2, 0) is 75.8 Å². The zero-order chi connectivity index (χ0) is 93.8. The average Bonchev–Trinajstić information content (AvgIpc) is 1.64. The summed E-state index contributed by atoms with van der Waals surface area (Å²) in [6, 6.07) is 67.4. The lowest BCUT2D eigenvalue weighted by molar-refractivity contribution is -0.118. The van der Waals surface area contributed by atoms with Crippen molar-refractivity contribution in [1.82, 2.24) is 39.0 Å².